The summed E-state index contributed by atoms with van der Waals surface area (Å²) in [7, 11) is 0. The van der Waals surface area contributed by atoms with E-state index < -0.39 is 0 Å². The van der Waals surface area contributed by atoms with E-state index in [9.17, 15) is 9.18 Å². The van der Waals surface area contributed by atoms with Crippen LogP contribution in [0.2, 0.25) is 0 Å². The summed E-state index contributed by atoms with van der Waals surface area (Å²) in [5.74, 6) is 2.76. The SMILES string of the molecule is O=C(CC1CCSCC1)NCc1ccc(F)cc1. The molecule has 1 fully saturated rings. The first-order valence-corrected chi connectivity index (χ1v) is 7.48. The monoisotopic (exact) mass is 267 g/mol. The smallest absolute Gasteiger partial charge is 0.220 e. The molecule has 0 spiro atoms. The van der Waals surface area contributed by atoms with Gasteiger partial charge in [-0.25, -0.2) is 4.39 Å². The molecule has 0 aliphatic carbocycles. The number of nitrogens with one attached hydrogen (secondary N) is 1. The van der Waals surface area contributed by atoms with Crippen LogP contribution in [0.25, 0.3) is 0 Å². The molecule has 4 heteroatoms. The third-order valence-electron chi connectivity index (χ3n) is 3.22. The summed E-state index contributed by atoms with van der Waals surface area (Å²) in [5, 5.41) is 2.90. The lowest BCUT2D eigenvalue weighted by atomic mass is 9.98. The molecule has 1 saturated heterocycles. The van der Waals surface area contributed by atoms with Crippen LogP contribution in [0.5, 0.6) is 0 Å². The van der Waals surface area contributed by atoms with Crippen molar-refractivity contribution >= 4 is 17.7 Å². The number of carbonyl (C=O) groups excluding carboxylic acids is 1. The first-order chi connectivity index (χ1) is 8.74. The zero-order chi connectivity index (χ0) is 12.8. The maximum Gasteiger partial charge on any atom is 0.220 e. The van der Waals surface area contributed by atoms with Crippen molar-refractivity contribution in [1.29, 1.82) is 0 Å². The van der Waals surface area contributed by atoms with Crippen LogP contribution in [-0.4, -0.2) is 17.4 Å². The third-order valence-corrected chi connectivity index (χ3v) is 4.27. The van der Waals surface area contributed by atoms with E-state index in [1.54, 1.807) is 12.1 Å². The largest absolute Gasteiger partial charge is 0.352 e. The molecular formula is C14H18FNOS. The highest BCUT2D eigenvalue weighted by atomic mass is 32.2. The van der Waals surface area contributed by atoms with Crippen molar-refractivity contribution in [2.45, 2.75) is 25.8 Å². The first-order valence-electron chi connectivity index (χ1n) is 6.33. The van der Waals surface area contributed by atoms with Crippen LogP contribution in [0.1, 0.15) is 24.8 Å². The van der Waals surface area contributed by atoms with Crippen molar-refractivity contribution < 1.29 is 9.18 Å². The van der Waals surface area contributed by atoms with E-state index in [4.69, 9.17) is 0 Å². The average molecular weight is 267 g/mol. The van der Waals surface area contributed by atoms with E-state index in [2.05, 4.69) is 5.32 Å². The number of hydrogen-bond acceptors (Lipinski definition) is 2. The van der Waals surface area contributed by atoms with Crippen LogP contribution in [0.4, 0.5) is 4.39 Å². The molecule has 1 heterocycles. The van der Waals surface area contributed by atoms with E-state index in [0.717, 1.165) is 18.4 Å². The highest BCUT2D eigenvalue weighted by Gasteiger charge is 2.16. The van der Waals surface area contributed by atoms with Gasteiger partial charge in [0, 0.05) is 13.0 Å². The number of thioether (sulfide) groups is 1. The molecule has 18 heavy (non-hydrogen) atoms. The van der Waals surface area contributed by atoms with E-state index in [-0.39, 0.29) is 11.7 Å². The first kappa shape index (κ1) is 13.4. The molecule has 1 aliphatic rings. The van der Waals surface area contributed by atoms with Gasteiger partial charge in [0.2, 0.25) is 5.91 Å². The summed E-state index contributed by atoms with van der Waals surface area (Å²) in [6, 6.07) is 6.24. The molecule has 1 aliphatic heterocycles. The van der Waals surface area contributed by atoms with Crippen LogP contribution >= 0.6 is 11.8 Å². The van der Waals surface area contributed by atoms with Crippen LogP contribution in [-0.2, 0) is 11.3 Å². The second-order valence-corrected chi connectivity index (χ2v) is 5.89. The maximum absolute atomic E-state index is 12.7. The minimum atomic E-state index is -0.246. The Morgan fingerprint density at radius 2 is 1.94 bits per heavy atom. The lowest BCUT2D eigenvalue weighted by Crippen LogP contribution is -2.26. The van der Waals surface area contributed by atoms with Gasteiger partial charge < -0.3 is 5.32 Å². The van der Waals surface area contributed by atoms with Crippen molar-refractivity contribution in [1.82, 2.24) is 5.32 Å². The number of hydrogen-bond donors (Lipinski definition) is 1. The van der Waals surface area contributed by atoms with E-state index in [0.29, 0.717) is 18.9 Å². The lowest BCUT2D eigenvalue weighted by molar-refractivity contribution is -0.122. The van der Waals surface area contributed by atoms with Gasteiger partial charge in [0.05, 0.1) is 0 Å². The molecule has 0 atom stereocenters. The van der Waals surface area contributed by atoms with E-state index in [1.165, 1.54) is 23.6 Å². The van der Waals surface area contributed by atoms with Gasteiger partial charge in [-0.3, -0.25) is 4.79 Å². The van der Waals surface area contributed by atoms with Crippen LogP contribution in [0.15, 0.2) is 24.3 Å². The highest BCUT2D eigenvalue weighted by molar-refractivity contribution is 7.99. The van der Waals surface area contributed by atoms with Gasteiger partial charge in [-0.1, -0.05) is 12.1 Å². The molecule has 1 N–H and O–H groups in total. The summed E-state index contributed by atoms with van der Waals surface area (Å²) in [6.45, 7) is 0.487. The number of halogens is 1. The minimum Gasteiger partial charge on any atom is -0.352 e. The Bertz CT molecular complexity index is 387. The van der Waals surface area contributed by atoms with E-state index >= 15 is 0 Å². The average Bonchev–Trinajstić information content (AvgIpc) is 2.39. The zero-order valence-corrected chi connectivity index (χ0v) is 11.1. The highest BCUT2D eigenvalue weighted by Crippen LogP contribution is 2.25. The Labute approximate surface area is 111 Å². The third kappa shape index (κ3) is 4.33. The summed E-state index contributed by atoms with van der Waals surface area (Å²) < 4.78 is 12.7. The summed E-state index contributed by atoms with van der Waals surface area (Å²) >= 11 is 1.97. The Balaban J connectivity index is 1.72. The predicted octanol–water partition coefficient (Wildman–Crippen LogP) is 2.98. The number of carbonyl (C=O) groups is 1. The van der Waals surface area contributed by atoms with Gasteiger partial charge in [0.25, 0.3) is 0 Å². The van der Waals surface area contributed by atoms with Gasteiger partial charge >= 0.3 is 0 Å². The molecule has 2 nitrogen and oxygen atoms in total. The van der Waals surface area contributed by atoms with Gasteiger partial charge in [0.15, 0.2) is 0 Å². The minimum absolute atomic E-state index is 0.108. The van der Waals surface area contributed by atoms with Gasteiger partial charge in [-0.15, -0.1) is 0 Å². The molecule has 0 saturated carbocycles. The predicted molar refractivity (Wildman–Crippen MR) is 72.9 cm³/mol. The molecule has 1 amide bonds. The molecule has 0 radical (unpaired) electrons. The topological polar surface area (TPSA) is 29.1 Å². The van der Waals surface area contributed by atoms with Gasteiger partial charge in [-0.05, 0) is 48.0 Å². The van der Waals surface area contributed by atoms with Crippen LogP contribution < -0.4 is 5.32 Å². The van der Waals surface area contributed by atoms with Crippen molar-refractivity contribution in [2.24, 2.45) is 5.92 Å². The molecule has 0 bridgehead atoms. The lowest BCUT2D eigenvalue weighted by Gasteiger charge is -2.20. The summed E-state index contributed by atoms with van der Waals surface area (Å²) in [5.41, 5.74) is 0.934. The molecule has 0 aromatic heterocycles. The zero-order valence-electron chi connectivity index (χ0n) is 10.3. The second kappa shape index (κ2) is 6.78. The van der Waals surface area contributed by atoms with Gasteiger partial charge in [0.1, 0.15) is 5.82 Å². The summed E-state index contributed by atoms with van der Waals surface area (Å²) in [6.07, 6.45) is 2.92. The van der Waals surface area contributed by atoms with Gasteiger partial charge in [-0.2, -0.15) is 11.8 Å². The Morgan fingerprint density at radius 1 is 1.28 bits per heavy atom. The fraction of sp³-hybridized carbons (Fsp3) is 0.500. The fourth-order valence-electron chi connectivity index (χ4n) is 2.09. The quantitative estimate of drug-likeness (QED) is 0.908. The van der Waals surface area contributed by atoms with Crippen molar-refractivity contribution in [3.05, 3.63) is 35.6 Å². The second-order valence-electron chi connectivity index (χ2n) is 4.66. The number of benzene rings is 1. The Morgan fingerprint density at radius 3 is 2.61 bits per heavy atom. The van der Waals surface area contributed by atoms with Crippen LogP contribution in [0.3, 0.4) is 0 Å². The molecule has 1 aromatic carbocycles. The van der Waals surface area contributed by atoms with Crippen molar-refractivity contribution in [3.8, 4) is 0 Å². The van der Waals surface area contributed by atoms with E-state index in [1.807, 2.05) is 11.8 Å². The number of amides is 1. The Hall–Kier alpha value is -1.03. The molecule has 2 rings (SSSR count). The fourth-order valence-corrected chi connectivity index (χ4v) is 3.29. The molecule has 98 valence electrons. The Kier molecular flexibility index (Phi) is 5.05. The van der Waals surface area contributed by atoms with Crippen molar-refractivity contribution in [2.75, 3.05) is 11.5 Å². The normalized spacial score (nSPS) is 16.5. The van der Waals surface area contributed by atoms with Crippen LogP contribution in [0, 0.1) is 11.7 Å². The standard InChI is InChI=1S/C14H18FNOS/c15-13-3-1-12(2-4-13)10-16-14(17)9-11-5-7-18-8-6-11/h1-4,11H,5-10H2,(H,16,17). The summed E-state index contributed by atoms with van der Waals surface area (Å²) in [4.78, 5) is 11.8. The van der Waals surface area contributed by atoms with Crippen molar-refractivity contribution in [3.63, 3.8) is 0 Å². The number of rotatable bonds is 4. The molecule has 1 aromatic rings. The molecular weight excluding hydrogens is 249 g/mol. The maximum atomic E-state index is 12.7. The molecule has 0 unspecified atom stereocenters.